The molecule has 2 N–H and O–H groups in total. The van der Waals surface area contributed by atoms with Gasteiger partial charge < -0.3 is 5.73 Å². The van der Waals surface area contributed by atoms with Crippen molar-refractivity contribution in [2.45, 2.75) is 26.4 Å². The molecule has 0 fully saturated rings. The first-order chi connectivity index (χ1) is 10.1. The maximum Gasteiger partial charge on any atom is 0.141 e. The molecule has 0 saturated carbocycles. The van der Waals surface area contributed by atoms with Gasteiger partial charge in [-0.2, -0.15) is 0 Å². The Labute approximate surface area is 130 Å². The van der Waals surface area contributed by atoms with Gasteiger partial charge in [0.1, 0.15) is 5.82 Å². The highest BCUT2D eigenvalue weighted by Crippen LogP contribution is 2.18. The van der Waals surface area contributed by atoms with Crippen LogP contribution in [0.4, 0.5) is 10.1 Å². The molecule has 0 atom stereocenters. The van der Waals surface area contributed by atoms with Gasteiger partial charge in [0.05, 0.1) is 5.02 Å². The molecule has 2 rings (SSSR count). The zero-order valence-corrected chi connectivity index (χ0v) is 12.9. The average Bonchev–Trinajstić information content (AvgIpc) is 2.43. The van der Waals surface area contributed by atoms with Crippen molar-refractivity contribution in [3.8, 4) is 0 Å². The van der Waals surface area contributed by atoms with E-state index in [0.717, 1.165) is 37.3 Å². The van der Waals surface area contributed by atoms with Crippen LogP contribution < -0.4 is 5.73 Å². The van der Waals surface area contributed by atoms with Crippen LogP contribution in [0.25, 0.3) is 0 Å². The van der Waals surface area contributed by atoms with E-state index in [9.17, 15) is 4.39 Å². The quantitative estimate of drug-likeness (QED) is 0.798. The zero-order valence-electron chi connectivity index (χ0n) is 12.2. The second kappa shape index (κ2) is 7.43. The van der Waals surface area contributed by atoms with E-state index < -0.39 is 0 Å². The van der Waals surface area contributed by atoms with E-state index in [2.05, 4.69) is 17.9 Å². The summed E-state index contributed by atoms with van der Waals surface area (Å²) in [5, 5.41) is 0.174. The average molecular weight is 307 g/mol. The molecular formula is C17H20ClFN2. The van der Waals surface area contributed by atoms with E-state index in [0.29, 0.717) is 0 Å². The number of nitrogens with zero attached hydrogens (tertiary/aromatic N) is 1. The van der Waals surface area contributed by atoms with E-state index in [1.165, 1.54) is 11.6 Å². The Morgan fingerprint density at radius 1 is 1.10 bits per heavy atom. The lowest BCUT2D eigenvalue weighted by atomic mass is 10.1. The maximum atomic E-state index is 13.2. The normalized spacial score (nSPS) is 11.0. The predicted molar refractivity (Wildman–Crippen MR) is 86.7 cm³/mol. The number of hydrogen-bond donors (Lipinski definition) is 1. The van der Waals surface area contributed by atoms with Gasteiger partial charge in [-0.1, -0.05) is 36.7 Å². The summed E-state index contributed by atoms with van der Waals surface area (Å²) in [6, 6.07) is 12.8. The van der Waals surface area contributed by atoms with Gasteiger partial charge in [0.2, 0.25) is 0 Å². The van der Waals surface area contributed by atoms with Gasteiger partial charge in [-0.05, 0) is 48.4 Å². The van der Waals surface area contributed by atoms with Crippen LogP contribution in [0.15, 0.2) is 42.5 Å². The van der Waals surface area contributed by atoms with Gasteiger partial charge in [-0.15, -0.1) is 0 Å². The van der Waals surface area contributed by atoms with Crippen LogP contribution in [0, 0.1) is 5.82 Å². The van der Waals surface area contributed by atoms with Gasteiger partial charge in [0.25, 0.3) is 0 Å². The molecule has 0 radical (unpaired) electrons. The lowest BCUT2D eigenvalue weighted by Gasteiger charge is -2.22. The fourth-order valence-electron chi connectivity index (χ4n) is 2.38. The summed E-state index contributed by atoms with van der Waals surface area (Å²) < 4.78 is 13.2. The van der Waals surface area contributed by atoms with Crippen LogP contribution in [0.1, 0.15) is 24.5 Å². The maximum absolute atomic E-state index is 13.2. The standard InChI is InChI=1S/C17H20ClFN2/c1-2-8-21(11-13-4-3-5-15(20)9-13)12-14-6-7-17(19)16(18)10-14/h3-7,9-10H,2,8,11-12,20H2,1H3. The summed E-state index contributed by atoms with van der Waals surface area (Å²) in [6.07, 6.45) is 1.05. The molecule has 0 aliphatic rings. The van der Waals surface area contributed by atoms with Gasteiger partial charge in [-0.3, -0.25) is 4.90 Å². The first kappa shape index (κ1) is 15.8. The Morgan fingerprint density at radius 2 is 1.81 bits per heavy atom. The summed E-state index contributed by atoms with van der Waals surface area (Å²) in [7, 11) is 0. The van der Waals surface area contributed by atoms with E-state index in [1.807, 2.05) is 18.2 Å². The van der Waals surface area contributed by atoms with Crippen molar-refractivity contribution in [2.75, 3.05) is 12.3 Å². The van der Waals surface area contributed by atoms with Gasteiger partial charge >= 0.3 is 0 Å². The molecule has 0 unspecified atom stereocenters. The number of halogens is 2. The molecule has 2 nitrogen and oxygen atoms in total. The molecule has 0 aromatic heterocycles. The van der Waals surface area contributed by atoms with E-state index in [4.69, 9.17) is 17.3 Å². The summed E-state index contributed by atoms with van der Waals surface area (Å²) in [4.78, 5) is 2.30. The third-order valence-electron chi connectivity index (χ3n) is 3.29. The Balaban J connectivity index is 2.09. The van der Waals surface area contributed by atoms with Crippen molar-refractivity contribution in [2.24, 2.45) is 0 Å². The number of hydrogen-bond acceptors (Lipinski definition) is 2. The van der Waals surface area contributed by atoms with E-state index in [1.54, 1.807) is 12.1 Å². The molecule has 21 heavy (non-hydrogen) atoms. The third kappa shape index (κ3) is 4.73. The molecule has 0 saturated heterocycles. The Hall–Kier alpha value is -1.58. The first-order valence-electron chi connectivity index (χ1n) is 7.09. The first-order valence-corrected chi connectivity index (χ1v) is 7.47. The van der Waals surface area contributed by atoms with Crippen molar-refractivity contribution in [3.05, 3.63) is 64.4 Å². The number of rotatable bonds is 6. The van der Waals surface area contributed by atoms with Crippen molar-refractivity contribution >= 4 is 17.3 Å². The number of nitrogen functional groups attached to an aromatic ring is 1. The minimum Gasteiger partial charge on any atom is -0.399 e. The van der Waals surface area contributed by atoms with Crippen molar-refractivity contribution < 1.29 is 4.39 Å². The largest absolute Gasteiger partial charge is 0.399 e. The molecule has 0 aliphatic carbocycles. The molecule has 2 aromatic rings. The second-order valence-corrected chi connectivity index (χ2v) is 5.61. The predicted octanol–water partition coefficient (Wildman–Crippen LogP) is 4.47. The summed E-state index contributed by atoms with van der Waals surface area (Å²) in [5.74, 6) is -0.377. The lowest BCUT2D eigenvalue weighted by molar-refractivity contribution is 0.257. The van der Waals surface area contributed by atoms with Crippen LogP contribution in [0.5, 0.6) is 0 Å². The van der Waals surface area contributed by atoms with Gasteiger partial charge in [0, 0.05) is 18.8 Å². The monoisotopic (exact) mass is 306 g/mol. The lowest BCUT2D eigenvalue weighted by Crippen LogP contribution is -2.23. The number of anilines is 1. The van der Waals surface area contributed by atoms with Crippen LogP contribution in [-0.4, -0.2) is 11.4 Å². The highest BCUT2D eigenvalue weighted by Gasteiger charge is 2.08. The fraction of sp³-hybridized carbons (Fsp3) is 0.294. The summed E-state index contributed by atoms with van der Waals surface area (Å²) in [5.41, 5.74) is 8.78. The van der Waals surface area contributed by atoms with Gasteiger partial charge in [-0.25, -0.2) is 4.39 Å². The molecule has 0 amide bonds. The second-order valence-electron chi connectivity index (χ2n) is 5.20. The van der Waals surface area contributed by atoms with Gasteiger partial charge in [0.15, 0.2) is 0 Å². The smallest absolute Gasteiger partial charge is 0.141 e. The highest BCUT2D eigenvalue weighted by atomic mass is 35.5. The number of nitrogens with two attached hydrogens (primary N) is 1. The number of benzene rings is 2. The topological polar surface area (TPSA) is 29.3 Å². The Bertz CT molecular complexity index is 601. The summed E-state index contributed by atoms with van der Waals surface area (Å²) >= 11 is 5.85. The van der Waals surface area contributed by atoms with Crippen LogP contribution in [0.3, 0.4) is 0 Å². The third-order valence-corrected chi connectivity index (χ3v) is 3.58. The van der Waals surface area contributed by atoms with Crippen molar-refractivity contribution in [1.82, 2.24) is 4.90 Å². The molecule has 2 aromatic carbocycles. The van der Waals surface area contributed by atoms with Crippen molar-refractivity contribution in [1.29, 1.82) is 0 Å². The zero-order chi connectivity index (χ0) is 15.2. The molecule has 4 heteroatoms. The van der Waals surface area contributed by atoms with Crippen molar-refractivity contribution in [3.63, 3.8) is 0 Å². The van der Waals surface area contributed by atoms with E-state index in [-0.39, 0.29) is 10.8 Å². The van der Waals surface area contributed by atoms with Crippen LogP contribution in [0.2, 0.25) is 5.02 Å². The Kier molecular flexibility index (Phi) is 5.59. The molecule has 0 heterocycles. The molecule has 0 bridgehead atoms. The molecular weight excluding hydrogens is 287 g/mol. The molecule has 0 spiro atoms. The molecule has 0 aliphatic heterocycles. The SMILES string of the molecule is CCCN(Cc1cccc(N)c1)Cc1ccc(F)c(Cl)c1. The molecule has 112 valence electrons. The fourth-order valence-corrected chi connectivity index (χ4v) is 2.58. The Morgan fingerprint density at radius 3 is 2.43 bits per heavy atom. The van der Waals surface area contributed by atoms with E-state index >= 15 is 0 Å². The highest BCUT2D eigenvalue weighted by molar-refractivity contribution is 6.30. The minimum absolute atomic E-state index is 0.174. The van der Waals surface area contributed by atoms with Crippen LogP contribution in [-0.2, 0) is 13.1 Å². The minimum atomic E-state index is -0.377. The van der Waals surface area contributed by atoms with Crippen LogP contribution >= 0.6 is 11.6 Å². The summed E-state index contributed by atoms with van der Waals surface area (Å²) in [6.45, 7) is 4.66.